The van der Waals surface area contributed by atoms with E-state index >= 15 is 0 Å². The lowest BCUT2D eigenvalue weighted by molar-refractivity contribution is -0.115. The number of alkyl halides is 1. The van der Waals surface area contributed by atoms with Crippen molar-refractivity contribution in [3.05, 3.63) is 65.7 Å². The first kappa shape index (κ1) is 13.6. The molecule has 2 aromatic rings. The molecule has 3 heteroatoms. The number of amides is 1. The smallest absolute Gasteiger partial charge is 0.228 e. The molecule has 2 rings (SSSR count). The number of halogens is 1. The van der Waals surface area contributed by atoms with E-state index in [2.05, 4.69) is 5.32 Å². The van der Waals surface area contributed by atoms with Crippen molar-refractivity contribution in [2.45, 2.75) is 18.7 Å². The Kier molecular flexibility index (Phi) is 4.58. The number of hydrogen-bond donors (Lipinski definition) is 1. The first-order valence-electron chi connectivity index (χ1n) is 6.23. The minimum atomic E-state index is -0.131. The van der Waals surface area contributed by atoms with Crippen molar-refractivity contribution >= 4 is 23.2 Å². The Labute approximate surface area is 118 Å². The van der Waals surface area contributed by atoms with Gasteiger partial charge in [0.25, 0.3) is 0 Å². The number of para-hydroxylation sites is 1. The molecule has 19 heavy (non-hydrogen) atoms. The molecule has 1 N–H and O–H groups in total. The SMILES string of the molecule is CC(Cl)c1ccccc1NC(=O)Cc1ccccc1. The van der Waals surface area contributed by atoms with Crippen molar-refractivity contribution in [3.8, 4) is 0 Å². The van der Waals surface area contributed by atoms with Crippen LogP contribution in [0, 0.1) is 0 Å². The third kappa shape index (κ3) is 3.83. The molecule has 0 saturated heterocycles. The number of carbonyl (C=O) groups excluding carboxylic acids is 1. The summed E-state index contributed by atoms with van der Waals surface area (Å²) < 4.78 is 0. The van der Waals surface area contributed by atoms with Crippen LogP contribution >= 0.6 is 11.6 Å². The summed E-state index contributed by atoms with van der Waals surface area (Å²) in [5.74, 6) is -0.0315. The number of rotatable bonds is 4. The molecule has 0 fully saturated rings. The number of anilines is 1. The van der Waals surface area contributed by atoms with Gasteiger partial charge in [-0.25, -0.2) is 0 Å². The summed E-state index contributed by atoms with van der Waals surface area (Å²) in [7, 11) is 0. The van der Waals surface area contributed by atoms with Gasteiger partial charge in [-0.1, -0.05) is 48.5 Å². The van der Waals surface area contributed by atoms with Gasteiger partial charge < -0.3 is 5.32 Å². The van der Waals surface area contributed by atoms with E-state index in [1.54, 1.807) is 0 Å². The van der Waals surface area contributed by atoms with Gasteiger partial charge in [0.05, 0.1) is 11.8 Å². The standard InChI is InChI=1S/C16H16ClNO/c1-12(17)14-9-5-6-10-15(14)18-16(19)11-13-7-3-2-4-8-13/h2-10,12H,11H2,1H3,(H,18,19). The lowest BCUT2D eigenvalue weighted by Gasteiger charge is -2.12. The van der Waals surface area contributed by atoms with Gasteiger partial charge in [0.1, 0.15) is 0 Å². The summed E-state index contributed by atoms with van der Waals surface area (Å²) in [6.45, 7) is 1.89. The number of nitrogens with one attached hydrogen (secondary N) is 1. The van der Waals surface area contributed by atoms with Crippen molar-refractivity contribution in [1.82, 2.24) is 0 Å². The highest BCUT2D eigenvalue weighted by atomic mass is 35.5. The summed E-state index contributed by atoms with van der Waals surface area (Å²) in [6, 6.07) is 17.3. The zero-order valence-corrected chi connectivity index (χ0v) is 11.5. The molecule has 0 spiro atoms. The number of carbonyl (C=O) groups is 1. The average Bonchev–Trinajstić information content (AvgIpc) is 2.40. The van der Waals surface area contributed by atoms with Gasteiger partial charge in [-0.15, -0.1) is 11.6 Å². The zero-order valence-electron chi connectivity index (χ0n) is 10.8. The van der Waals surface area contributed by atoms with Gasteiger partial charge in [-0.05, 0) is 24.1 Å². The van der Waals surface area contributed by atoms with E-state index in [0.29, 0.717) is 6.42 Å². The highest BCUT2D eigenvalue weighted by Gasteiger charge is 2.10. The third-order valence-electron chi connectivity index (χ3n) is 2.87. The molecule has 0 aromatic heterocycles. The second kappa shape index (κ2) is 6.39. The van der Waals surface area contributed by atoms with Crippen LogP contribution in [-0.2, 0) is 11.2 Å². The Morgan fingerprint density at radius 2 is 1.74 bits per heavy atom. The number of hydrogen-bond acceptors (Lipinski definition) is 1. The molecule has 0 heterocycles. The maximum absolute atomic E-state index is 12.0. The normalized spacial score (nSPS) is 11.9. The van der Waals surface area contributed by atoms with Crippen molar-refractivity contribution in [1.29, 1.82) is 0 Å². The van der Waals surface area contributed by atoms with Crippen molar-refractivity contribution in [2.75, 3.05) is 5.32 Å². The Morgan fingerprint density at radius 3 is 2.42 bits per heavy atom. The van der Waals surface area contributed by atoms with Crippen LogP contribution in [0.1, 0.15) is 23.4 Å². The molecule has 2 aromatic carbocycles. The van der Waals surface area contributed by atoms with Crippen LogP contribution < -0.4 is 5.32 Å². The highest BCUT2D eigenvalue weighted by Crippen LogP contribution is 2.27. The van der Waals surface area contributed by atoms with Crippen LogP contribution in [0.2, 0.25) is 0 Å². The van der Waals surface area contributed by atoms with Crippen LogP contribution in [0.3, 0.4) is 0 Å². The second-order valence-corrected chi connectivity index (χ2v) is 5.07. The molecule has 0 bridgehead atoms. The Balaban J connectivity index is 2.07. The van der Waals surface area contributed by atoms with E-state index in [1.165, 1.54) is 0 Å². The van der Waals surface area contributed by atoms with Crippen LogP contribution in [0.4, 0.5) is 5.69 Å². The van der Waals surface area contributed by atoms with Gasteiger partial charge in [0.2, 0.25) is 5.91 Å². The molecule has 1 amide bonds. The van der Waals surface area contributed by atoms with Crippen LogP contribution in [-0.4, -0.2) is 5.91 Å². The third-order valence-corrected chi connectivity index (χ3v) is 3.11. The van der Waals surface area contributed by atoms with Crippen LogP contribution in [0.15, 0.2) is 54.6 Å². The van der Waals surface area contributed by atoms with E-state index in [4.69, 9.17) is 11.6 Å². The summed E-state index contributed by atoms with van der Waals surface area (Å²) in [5.41, 5.74) is 2.72. The summed E-state index contributed by atoms with van der Waals surface area (Å²) >= 11 is 6.10. The number of benzene rings is 2. The zero-order chi connectivity index (χ0) is 13.7. The van der Waals surface area contributed by atoms with Gasteiger partial charge in [0, 0.05) is 5.69 Å². The fourth-order valence-electron chi connectivity index (χ4n) is 1.93. The molecular formula is C16H16ClNO. The maximum Gasteiger partial charge on any atom is 0.228 e. The van der Waals surface area contributed by atoms with Gasteiger partial charge in [0.15, 0.2) is 0 Å². The summed E-state index contributed by atoms with van der Waals surface area (Å²) in [4.78, 5) is 12.0. The van der Waals surface area contributed by atoms with E-state index in [0.717, 1.165) is 16.8 Å². The maximum atomic E-state index is 12.0. The predicted molar refractivity (Wildman–Crippen MR) is 79.5 cm³/mol. The largest absolute Gasteiger partial charge is 0.325 e. The fourth-order valence-corrected chi connectivity index (χ4v) is 2.12. The van der Waals surface area contributed by atoms with Gasteiger partial charge in [-0.2, -0.15) is 0 Å². The average molecular weight is 274 g/mol. The van der Waals surface area contributed by atoms with Crippen molar-refractivity contribution in [2.24, 2.45) is 0 Å². The molecule has 2 nitrogen and oxygen atoms in total. The molecule has 1 unspecified atom stereocenters. The lowest BCUT2D eigenvalue weighted by Crippen LogP contribution is -2.15. The monoisotopic (exact) mass is 273 g/mol. The highest BCUT2D eigenvalue weighted by molar-refractivity contribution is 6.21. The second-order valence-electron chi connectivity index (χ2n) is 4.41. The minimum absolute atomic E-state index is 0.0315. The van der Waals surface area contributed by atoms with E-state index in [9.17, 15) is 4.79 Å². The minimum Gasteiger partial charge on any atom is -0.325 e. The molecule has 0 radical (unpaired) electrons. The topological polar surface area (TPSA) is 29.1 Å². The van der Waals surface area contributed by atoms with E-state index < -0.39 is 0 Å². The first-order chi connectivity index (χ1) is 9.16. The Morgan fingerprint density at radius 1 is 1.11 bits per heavy atom. The molecule has 0 aliphatic rings. The summed E-state index contributed by atoms with van der Waals surface area (Å²) in [5, 5.41) is 2.79. The van der Waals surface area contributed by atoms with Crippen LogP contribution in [0.5, 0.6) is 0 Å². The molecular weight excluding hydrogens is 258 g/mol. The van der Waals surface area contributed by atoms with E-state index in [-0.39, 0.29) is 11.3 Å². The van der Waals surface area contributed by atoms with Crippen LogP contribution in [0.25, 0.3) is 0 Å². The van der Waals surface area contributed by atoms with E-state index in [1.807, 2.05) is 61.5 Å². The fraction of sp³-hybridized carbons (Fsp3) is 0.188. The summed E-state index contributed by atoms with van der Waals surface area (Å²) in [6.07, 6.45) is 0.367. The Bertz CT molecular complexity index is 552. The molecule has 0 saturated carbocycles. The first-order valence-corrected chi connectivity index (χ1v) is 6.67. The van der Waals surface area contributed by atoms with Gasteiger partial charge in [-0.3, -0.25) is 4.79 Å². The molecule has 0 aliphatic heterocycles. The van der Waals surface area contributed by atoms with Crippen molar-refractivity contribution < 1.29 is 4.79 Å². The molecule has 0 aliphatic carbocycles. The molecule has 1 atom stereocenters. The lowest BCUT2D eigenvalue weighted by atomic mass is 10.1. The predicted octanol–water partition coefficient (Wildman–Crippen LogP) is 4.17. The van der Waals surface area contributed by atoms with Gasteiger partial charge >= 0.3 is 0 Å². The van der Waals surface area contributed by atoms with Crippen molar-refractivity contribution in [3.63, 3.8) is 0 Å². The quantitative estimate of drug-likeness (QED) is 0.833. The Hall–Kier alpha value is -1.80. The molecule has 98 valence electrons.